The maximum atomic E-state index is 5.60. The predicted octanol–water partition coefficient (Wildman–Crippen LogP) is 5.88. The van der Waals surface area contributed by atoms with Crippen LogP contribution in [0.15, 0.2) is 48.5 Å². The summed E-state index contributed by atoms with van der Waals surface area (Å²) in [6.07, 6.45) is 0. The van der Waals surface area contributed by atoms with Crippen LogP contribution in [-0.2, 0) is 0 Å². The molecule has 5 rings (SSSR count). The summed E-state index contributed by atoms with van der Waals surface area (Å²) in [6.45, 7) is 2.07. The van der Waals surface area contributed by atoms with Crippen molar-refractivity contribution in [2.75, 3.05) is 28.4 Å². The van der Waals surface area contributed by atoms with Gasteiger partial charge in [0.25, 0.3) is 0 Å². The molecular formula is C26H24N2O4. The van der Waals surface area contributed by atoms with Crippen LogP contribution in [0.1, 0.15) is 5.56 Å². The molecule has 6 nitrogen and oxygen atoms in total. The molecule has 1 aromatic heterocycles. The number of aromatic nitrogens is 2. The summed E-state index contributed by atoms with van der Waals surface area (Å²) >= 11 is 0. The Morgan fingerprint density at radius 2 is 1.25 bits per heavy atom. The highest BCUT2D eigenvalue weighted by Gasteiger charge is 2.18. The third-order valence-electron chi connectivity index (χ3n) is 5.85. The van der Waals surface area contributed by atoms with E-state index in [2.05, 4.69) is 30.1 Å². The molecule has 5 aromatic rings. The molecule has 4 aromatic carbocycles. The lowest BCUT2D eigenvalue weighted by molar-refractivity contribution is 0.355. The summed E-state index contributed by atoms with van der Waals surface area (Å²) in [4.78, 5) is 8.36. The minimum absolute atomic E-state index is 0.660. The van der Waals surface area contributed by atoms with Gasteiger partial charge in [-0.2, -0.15) is 0 Å². The number of aromatic amines is 1. The molecule has 6 heteroatoms. The van der Waals surface area contributed by atoms with Gasteiger partial charge in [0.05, 0.1) is 39.5 Å². The quantitative estimate of drug-likeness (QED) is 0.354. The van der Waals surface area contributed by atoms with Gasteiger partial charge >= 0.3 is 0 Å². The van der Waals surface area contributed by atoms with Crippen LogP contribution in [0.5, 0.6) is 23.0 Å². The normalized spacial score (nSPS) is 11.3. The van der Waals surface area contributed by atoms with Gasteiger partial charge in [-0.15, -0.1) is 0 Å². The number of rotatable bonds is 5. The van der Waals surface area contributed by atoms with E-state index in [-0.39, 0.29) is 0 Å². The first-order chi connectivity index (χ1) is 15.6. The maximum absolute atomic E-state index is 5.60. The van der Waals surface area contributed by atoms with Crippen molar-refractivity contribution < 1.29 is 18.9 Å². The number of nitrogens with one attached hydrogen (secondary N) is 1. The molecule has 0 spiro atoms. The minimum Gasteiger partial charge on any atom is -0.493 e. The molecule has 0 aliphatic carbocycles. The topological polar surface area (TPSA) is 65.6 Å². The first kappa shape index (κ1) is 20.0. The molecule has 0 unspecified atom stereocenters. The van der Waals surface area contributed by atoms with E-state index in [1.165, 1.54) is 5.56 Å². The van der Waals surface area contributed by atoms with Gasteiger partial charge in [0.1, 0.15) is 5.82 Å². The van der Waals surface area contributed by atoms with Crippen LogP contribution < -0.4 is 18.9 Å². The fraction of sp³-hybridized carbons (Fsp3) is 0.192. The molecule has 0 fully saturated rings. The van der Waals surface area contributed by atoms with Gasteiger partial charge < -0.3 is 23.9 Å². The number of ether oxygens (including phenoxy) is 4. The van der Waals surface area contributed by atoms with Crippen molar-refractivity contribution in [1.29, 1.82) is 0 Å². The van der Waals surface area contributed by atoms with Crippen molar-refractivity contribution in [2.24, 2.45) is 0 Å². The second-order valence-electron chi connectivity index (χ2n) is 7.71. The van der Waals surface area contributed by atoms with E-state index < -0.39 is 0 Å². The highest BCUT2D eigenvalue weighted by Crippen LogP contribution is 2.43. The fourth-order valence-electron chi connectivity index (χ4n) is 4.25. The van der Waals surface area contributed by atoms with Crippen molar-refractivity contribution in [3.05, 3.63) is 54.1 Å². The Labute approximate surface area is 185 Å². The van der Waals surface area contributed by atoms with Gasteiger partial charge in [-0.25, -0.2) is 4.98 Å². The number of fused-ring (bicyclic) bond motifs is 4. The van der Waals surface area contributed by atoms with E-state index in [0.717, 1.165) is 44.0 Å². The van der Waals surface area contributed by atoms with Gasteiger partial charge in [-0.1, -0.05) is 6.07 Å². The van der Waals surface area contributed by atoms with Gasteiger partial charge in [-0.3, -0.25) is 0 Å². The lowest BCUT2D eigenvalue weighted by Gasteiger charge is -2.15. The Bertz CT molecular complexity index is 1490. The van der Waals surface area contributed by atoms with Crippen molar-refractivity contribution >= 4 is 32.6 Å². The lowest BCUT2D eigenvalue weighted by Crippen LogP contribution is -1.95. The van der Waals surface area contributed by atoms with Crippen LogP contribution in [0.2, 0.25) is 0 Å². The summed E-state index contributed by atoms with van der Waals surface area (Å²) in [5.41, 5.74) is 4.07. The summed E-state index contributed by atoms with van der Waals surface area (Å²) in [7, 11) is 6.56. The van der Waals surface area contributed by atoms with E-state index >= 15 is 0 Å². The molecule has 162 valence electrons. The van der Waals surface area contributed by atoms with Crippen LogP contribution in [-0.4, -0.2) is 38.4 Å². The van der Waals surface area contributed by atoms with Crippen LogP contribution in [0.3, 0.4) is 0 Å². The molecule has 1 N–H and O–H groups in total. The molecule has 0 bridgehead atoms. The molecule has 0 atom stereocenters. The van der Waals surface area contributed by atoms with E-state index in [1.807, 2.05) is 30.3 Å². The first-order valence-corrected chi connectivity index (χ1v) is 10.3. The van der Waals surface area contributed by atoms with Crippen LogP contribution in [0, 0.1) is 6.92 Å². The summed E-state index contributed by atoms with van der Waals surface area (Å²) < 4.78 is 22.3. The number of H-pyrrole nitrogens is 1. The SMILES string of the molecule is COc1cc2cc(-c3nc4ccc(C)cc4[nH]3)c3cc(OC)c(OC)cc3c2cc1OC. The predicted molar refractivity (Wildman–Crippen MR) is 127 cm³/mol. The number of methoxy groups -OCH3 is 4. The van der Waals surface area contributed by atoms with E-state index in [9.17, 15) is 0 Å². The number of benzene rings is 4. The Kier molecular flexibility index (Phi) is 4.78. The summed E-state index contributed by atoms with van der Waals surface area (Å²) in [6, 6.07) is 16.3. The van der Waals surface area contributed by atoms with E-state index in [1.54, 1.807) is 28.4 Å². The fourth-order valence-corrected chi connectivity index (χ4v) is 4.25. The molecule has 32 heavy (non-hydrogen) atoms. The van der Waals surface area contributed by atoms with Crippen molar-refractivity contribution in [3.8, 4) is 34.4 Å². The zero-order valence-electron chi connectivity index (χ0n) is 18.7. The van der Waals surface area contributed by atoms with Crippen molar-refractivity contribution in [1.82, 2.24) is 9.97 Å². The van der Waals surface area contributed by atoms with Gasteiger partial charge in [0, 0.05) is 5.56 Å². The van der Waals surface area contributed by atoms with Crippen molar-refractivity contribution in [2.45, 2.75) is 6.92 Å². The molecule has 0 saturated heterocycles. The third kappa shape index (κ3) is 3.07. The van der Waals surface area contributed by atoms with Gasteiger partial charge in [0.15, 0.2) is 23.0 Å². The summed E-state index contributed by atoms with van der Waals surface area (Å²) in [5, 5.41) is 4.04. The van der Waals surface area contributed by atoms with E-state index in [0.29, 0.717) is 23.0 Å². The average molecular weight is 428 g/mol. The largest absolute Gasteiger partial charge is 0.493 e. The van der Waals surface area contributed by atoms with Crippen molar-refractivity contribution in [3.63, 3.8) is 0 Å². The second-order valence-corrected chi connectivity index (χ2v) is 7.71. The number of hydrogen-bond donors (Lipinski definition) is 1. The smallest absolute Gasteiger partial charge is 0.161 e. The highest BCUT2D eigenvalue weighted by molar-refractivity contribution is 6.15. The zero-order valence-corrected chi connectivity index (χ0v) is 18.7. The third-order valence-corrected chi connectivity index (χ3v) is 5.85. The second kappa shape index (κ2) is 7.64. The number of imidazole rings is 1. The molecule has 1 heterocycles. The molecular weight excluding hydrogens is 404 g/mol. The zero-order chi connectivity index (χ0) is 22.4. The molecule has 0 aliphatic heterocycles. The van der Waals surface area contributed by atoms with Gasteiger partial charge in [0.2, 0.25) is 0 Å². The summed E-state index contributed by atoms with van der Waals surface area (Å²) in [5.74, 6) is 3.45. The lowest BCUT2D eigenvalue weighted by atomic mass is 9.95. The number of nitrogens with zero attached hydrogens (tertiary/aromatic N) is 1. The van der Waals surface area contributed by atoms with Crippen LogP contribution in [0.4, 0.5) is 0 Å². The van der Waals surface area contributed by atoms with Crippen LogP contribution >= 0.6 is 0 Å². The van der Waals surface area contributed by atoms with Gasteiger partial charge in [-0.05, 0) is 76.5 Å². The maximum Gasteiger partial charge on any atom is 0.161 e. The molecule has 0 radical (unpaired) electrons. The van der Waals surface area contributed by atoms with Crippen LogP contribution in [0.25, 0.3) is 44.0 Å². The Hall–Kier alpha value is -3.93. The number of aryl methyl sites for hydroxylation is 1. The average Bonchev–Trinajstić information content (AvgIpc) is 3.24. The first-order valence-electron chi connectivity index (χ1n) is 10.3. The molecule has 0 aliphatic rings. The Balaban J connectivity index is 1.91. The Morgan fingerprint density at radius 3 is 1.91 bits per heavy atom. The standard InChI is InChI=1S/C26H24N2O4/c1-14-6-7-20-21(8-14)28-26(27-20)19-9-15-10-22(29-2)23(30-3)11-16(15)17-12-24(31-4)25(32-5)13-18(17)19/h6-13H,1-5H3,(H,27,28). The van der Waals surface area contributed by atoms with E-state index in [4.69, 9.17) is 23.9 Å². The minimum atomic E-state index is 0.660. The highest BCUT2D eigenvalue weighted by atomic mass is 16.5. The number of hydrogen-bond acceptors (Lipinski definition) is 5. The monoisotopic (exact) mass is 428 g/mol. The Morgan fingerprint density at radius 1 is 0.656 bits per heavy atom. The molecule has 0 amide bonds. The molecule has 0 saturated carbocycles.